The maximum Gasteiger partial charge on any atom is 0.147 e. The van der Waals surface area contributed by atoms with Gasteiger partial charge in [0.25, 0.3) is 0 Å². The van der Waals surface area contributed by atoms with Crippen LogP contribution in [0.1, 0.15) is 52.9 Å². The molecule has 0 radical (unpaired) electrons. The van der Waals surface area contributed by atoms with Crippen molar-refractivity contribution in [3.05, 3.63) is 0 Å². The molecule has 1 aliphatic rings. The van der Waals surface area contributed by atoms with Gasteiger partial charge >= 0.3 is 0 Å². The normalized spacial score (nSPS) is 28.1. The summed E-state index contributed by atoms with van der Waals surface area (Å²) in [6, 6.07) is 0.0562. The molecule has 0 aromatic rings. The second kappa shape index (κ2) is 5.91. The lowest BCUT2D eigenvalue weighted by Crippen LogP contribution is -2.36. The molecule has 4 heteroatoms. The van der Waals surface area contributed by atoms with Crippen molar-refractivity contribution in [2.24, 2.45) is 23.0 Å². The number of hydrogen-bond donors (Lipinski definition) is 1. The smallest absolute Gasteiger partial charge is 0.147 e. The van der Waals surface area contributed by atoms with Gasteiger partial charge in [-0.3, -0.25) is 0 Å². The van der Waals surface area contributed by atoms with Crippen LogP contribution in [0.4, 0.5) is 0 Å². The van der Waals surface area contributed by atoms with Crippen LogP contribution in [-0.4, -0.2) is 26.5 Å². The van der Waals surface area contributed by atoms with E-state index in [9.17, 15) is 8.42 Å². The van der Waals surface area contributed by atoms with Gasteiger partial charge in [0.2, 0.25) is 0 Å². The summed E-state index contributed by atoms with van der Waals surface area (Å²) in [7, 11) is -2.87. The molecule has 0 aliphatic heterocycles. The first-order valence-electron chi connectivity index (χ1n) is 7.03. The Hall–Kier alpha value is -0.0900. The number of hydrogen-bond acceptors (Lipinski definition) is 3. The Morgan fingerprint density at radius 2 is 1.67 bits per heavy atom. The third kappa shape index (κ3) is 5.27. The van der Waals surface area contributed by atoms with Gasteiger partial charge in [-0.05, 0) is 49.4 Å². The summed E-state index contributed by atoms with van der Waals surface area (Å²) in [4.78, 5) is 0. The molecule has 0 saturated heterocycles. The van der Waals surface area contributed by atoms with E-state index in [1.165, 1.54) is 19.1 Å². The topological polar surface area (TPSA) is 60.2 Å². The Balaban J connectivity index is 2.39. The molecule has 1 saturated carbocycles. The summed E-state index contributed by atoms with van der Waals surface area (Å²) in [6.07, 6.45) is 6.70. The highest BCUT2D eigenvalue weighted by Crippen LogP contribution is 2.40. The minimum absolute atomic E-state index is 0.0562. The van der Waals surface area contributed by atoms with Crippen LogP contribution in [0.15, 0.2) is 0 Å². The Bertz CT molecular complexity index is 348. The Kier molecular flexibility index (Phi) is 5.24. The lowest BCUT2D eigenvalue weighted by Gasteiger charge is -2.38. The van der Waals surface area contributed by atoms with Crippen molar-refractivity contribution < 1.29 is 8.42 Å². The molecule has 1 unspecified atom stereocenters. The zero-order valence-electron chi connectivity index (χ0n) is 12.3. The minimum Gasteiger partial charge on any atom is -0.327 e. The molecule has 1 fully saturated rings. The molecular formula is C14H29NO2S. The summed E-state index contributed by atoms with van der Waals surface area (Å²) < 4.78 is 22.3. The van der Waals surface area contributed by atoms with E-state index < -0.39 is 9.84 Å². The fraction of sp³-hybridized carbons (Fsp3) is 1.00. The fourth-order valence-corrected chi connectivity index (χ4v) is 3.70. The van der Waals surface area contributed by atoms with Crippen molar-refractivity contribution in [2.45, 2.75) is 58.9 Å². The molecule has 1 atom stereocenters. The van der Waals surface area contributed by atoms with Gasteiger partial charge in [-0.2, -0.15) is 0 Å². The zero-order valence-corrected chi connectivity index (χ0v) is 13.1. The lowest BCUT2D eigenvalue weighted by molar-refractivity contribution is 0.139. The Morgan fingerprint density at radius 3 is 2.06 bits per heavy atom. The molecule has 1 aliphatic carbocycles. The summed E-state index contributed by atoms with van der Waals surface area (Å²) in [6.45, 7) is 6.92. The van der Waals surface area contributed by atoms with Crippen molar-refractivity contribution in [2.75, 3.05) is 12.0 Å². The maximum atomic E-state index is 11.1. The lowest BCUT2D eigenvalue weighted by atomic mass is 9.68. The van der Waals surface area contributed by atoms with E-state index in [0.717, 1.165) is 18.8 Å². The molecule has 0 amide bonds. The molecule has 2 N–H and O–H groups in total. The first-order valence-corrected chi connectivity index (χ1v) is 9.09. The second-order valence-electron chi connectivity index (χ2n) is 7.06. The van der Waals surface area contributed by atoms with Crippen LogP contribution in [0.25, 0.3) is 0 Å². The highest BCUT2D eigenvalue weighted by molar-refractivity contribution is 7.90. The van der Waals surface area contributed by atoms with Gasteiger partial charge in [-0.1, -0.05) is 20.8 Å². The van der Waals surface area contributed by atoms with Crippen LogP contribution in [-0.2, 0) is 9.84 Å². The van der Waals surface area contributed by atoms with Crippen molar-refractivity contribution >= 4 is 9.84 Å². The van der Waals surface area contributed by atoms with Crippen molar-refractivity contribution in [3.8, 4) is 0 Å². The molecular weight excluding hydrogens is 246 g/mol. The molecule has 3 nitrogen and oxygen atoms in total. The first kappa shape index (κ1) is 16.0. The number of rotatable bonds is 4. The number of nitrogens with two attached hydrogens (primary N) is 1. The number of sulfone groups is 1. The van der Waals surface area contributed by atoms with Gasteiger partial charge in [0.15, 0.2) is 0 Å². The van der Waals surface area contributed by atoms with Gasteiger partial charge in [0, 0.05) is 12.3 Å². The van der Waals surface area contributed by atoms with Gasteiger partial charge in [0.1, 0.15) is 9.84 Å². The third-order valence-electron chi connectivity index (χ3n) is 4.42. The molecule has 18 heavy (non-hydrogen) atoms. The largest absolute Gasteiger partial charge is 0.327 e. The van der Waals surface area contributed by atoms with E-state index in [2.05, 4.69) is 20.8 Å². The van der Waals surface area contributed by atoms with Gasteiger partial charge in [0.05, 0.1) is 5.75 Å². The molecule has 0 heterocycles. The van der Waals surface area contributed by atoms with Crippen molar-refractivity contribution in [3.63, 3.8) is 0 Å². The monoisotopic (exact) mass is 275 g/mol. The second-order valence-corrected chi connectivity index (χ2v) is 9.32. The molecule has 0 aromatic carbocycles. The van der Waals surface area contributed by atoms with Crippen LogP contribution in [0.2, 0.25) is 0 Å². The van der Waals surface area contributed by atoms with Crippen LogP contribution in [0.5, 0.6) is 0 Å². The van der Waals surface area contributed by atoms with Crippen molar-refractivity contribution in [1.82, 2.24) is 0 Å². The van der Waals surface area contributed by atoms with Gasteiger partial charge < -0.3 is 5.73 Å². The van der Waals surface area contributed by atoms with E-state index in [-0.39, 0.29) is 11.8 Å². The molecule has 0 spiro atoms. The summed E-state index contributed by atoms with van der Waals surface area (Å²) in [5.74, 6) is 1.54. The Morgan fingerprint density at radius 1 is 1.17 bits per heavy atom. The van der Waals surface area contributed by atoms with E-state index in [0.29, 0.717) is 17.8 Å². The van der Waals surface area contributed by atoms with Crippen LogP contribution in [0.3, 0.4) is 0 Å². The Labute approximate surface area is 112 Å². The zero-order chi connectivity index (χ0) is 14.0. The van der Waals surface area contributed by atoms with E-state index >= 15 is 0 Å². The summed E-state index contributed by atoms with van der Waals surface area (Å²) >= 11 is 0. The maximum absolute atomic E-state index is 11.1. The van der Waals surface area contributed by atoms with Crippen LogP contribution >= 0.6 is 0 Å². The minimum atomic E-state index is -2.87. The van der Waals surface area contributed by atoms with E-state index in [1.54, 1.807) is 0 Å². The predicted octanol–water partition coefficient (Wildman–Crippen LogP) is 2.60. The van der Waals surface area contributed by atoms with Crippen molar-refractivity contribution in [1.29, 1.82) is 0 Å². The standard InChI is InChI=1S/C14H29NO2S/c1-14(2,3)12-7-5-11(6-8-12)13(15)9-10-18(4,16)17/h11-13H,5-10,15H2,1-4H3. The molecule has 1 rings (SSSR count). The molecule has 0 bridgehead atoms. The first-order chi connectivity index (χ1) is 8.09. The average Bonchev–Trinajstić information content (AvgIpc) is 2.24. The van der Waals surface area contributed by atoms with Gasteiger partial charge in [-0.25, -0.2) is 8.42 Å². The summed E-state index contributed by atoms with van der Waals surface area (Å²) in [5.41, 5.74) is 6.54. The fourth-order valence-electron chi connectivity index (χ4n) is 3.00. The predicted molar refractivity (Wildman–Crippen MR) is 77.2 cm³/mol. The quantitative estimate of drug-likeness (QED) is 0.858. The highest BCUT2D eigenvalue weighted by atomic mass is 32.2. The summed E-state index contributed by atoms with van der Waals surface area (Å²) in [5, 5.41) is 0. The SMILES string of the molecule is CC(C)(C)C1CCC(C(N)CCS(C)(=O)=O)CC1. The van der Waals surface area contributed by atoms with Crippen LogP contribution < -0.4 is 5.73 Å². The van der Waals surface area contributed by atoms with Crippen LogP contribution in [0, 0.1) is 17.3 Å². The average molecular weight is 275 g/mol. The van der Waals surface area contributed by atoms with E-state index in [1.807, 2.05) is 0 Å². The third-order valence-corrected chi connectivity index (χ3v) is 5.40. The van der Waals surface area contributed by atoms with E-state index in [4.69, 9.17) is 5.73 Å². The highest BCUT2D eigenvalue weighted by Gasteiger charge is 2.31. The van der Waals surface area contributed by atoms with Gasteiger partial charge in [-0.15, -0.1) is 0 Å². The molecule has 108 valence electrons. The molecule has 0 aromatic heterocycles.